The van der Waals surface area contributed by atoms with Crippen LogP contribution in [0.25, 0.3) is 11.0 Å². The van der Waals surface area contributed by atoms with E-state index >= 15 is 0 Å². The highest BCUT2D eigenvalue weighted by atomic mass is 35.5. The van der Waals surface area contributed by atoms with Crippen molar-refractivity contribution in [2.24, 2.45) is 0 Å². The van der Waals surface area contributed by atoms with Gasteiger partial charge in [-0.15, -0.1) is 5.10 Å². The number of anilines is 3. The van der Waals surface area contributed by atoms with Crippen LogP contribution in [0.3, 0.4) is 0 Å². The van der Waals surface area contributed by atoms with E-state index in [1.165, 1.54) is 98.1 Å². The predicted octanol–water partition coefficient (Wildman–Crippen LogP) is 10.4. The van der Waals surface area contributed by atoms with Crippen molar-refractivity contribution in [2.45, 2.75) is 126 Å². The van der Waals surface area contributed by atoms with Crippen molar-refractivity contribution >= 4 is 83.2 Å². The van der Waals surface area contributed by atoms with Gasteiger partial charge in [0.05, 0.1) is 36.7 Å². The molecule has 6 rings (SSSR count). The Balaban J connectivity index is 1.08. The van der Waals surface area contributed by atoms with Gasteiger partial charge in [-0.2, -0.15) is 0 Å². The van der Waals surface area contributed by atoms with Crippen LogP contribution in [0.1, 0.15) is 114 Å². The number of hydrogen-bond acceptors (Lipinski definition) is 8. The van der Waals surface area contributed by atoms with Gasteiger partial charge in [0.25, 0.3) is 21.8 Å². The molecule has 63 heavy (non-hydrogen) atoms. The quantitative estimate of drug-likeness (QED) is 0.0405. The van der Waals surface area contributed by atoms with Gasteiger partial charge in [-0.1, -0.05) is 143 Å². The molecule has 13 nitrogen and oxygen atoms in total. The van der Waals surface area contributed by atoms with Crippen molar-refractivity contribution in [2.75, 3.05) is 28.0 Å². The summed E-state index contributed by atoms with van der Waals surface area (Å²) in [5.74, 6) is -1.39. The Bertz CT molecular complexity index is 2600. The molecule has 17 heteroatoms. The average molecular weight is 939 g/mol. The van der Waals surface area contributed by atoms with Gasteiger partial charge in [0.15, 0.2) is 0 Å². The monoisotopic (exact) mass is 937 g/mol. The molecular weight excluding hydrogens is 882 g/mol. The third kappa shape index (κ3) is 12.6. The summed E-state index contributed by atoms with van der Waals surface area (Å²) in [5.41, 5.74) is 3.15. The average Bonchev–Trinajstić information content (AvgIpc) is 3.88. The zero-order valence-corrected chi connectivity index (χ0v) is 39.1. The molecule has 5 aromatic rings. The van der Waals surface area contributed by atoms with E-state index < -0.39 is 37.9 Å². The van der Waals surface area contributed by atoms with Crippen molar-refractivity contribution in [1.29, 1.82) is 0 Å². The molecule has 0 aliphatic carbocycles. The fraction of sp³-hybridized carbons (Fsp3) is 0.435. The first-order valence-corrected chi connectivity index (χ1v) is 25.6. The molecule has 0 radical (unpaired) electrons. The third-order valence-corrected chi connectivity index (χ3v) is 14.8. The Morgan fingerprint density at radius 3 is 1.97 bits per heavy atom. The van der Waals surface area contributed by atoms with Gasteiger partial charge in [0.1, 0.15) is 5.52 Å². The van der Waals surface area contributed by atoms with E-state index in [9.17, 15) is 26.4 Å². The van der Waals surface area contributed by atoms with E-state index in [-0.39, 0.29) is 37.8 Å². The number of aromatic nitrogens is 3. The summed E-state index contributed by atoms with van der Waals surface area (Å²) < 4.78 is 60.4. The second-order valence-electron chi connectivity index (χ2n) is 16.2. The fourth-order valence-corrected chi connectivity index (χ4v) is 10.4. The molecule has 1 unspecified atom stereocenters. The number of carbonyl (C=O) groups excluding carboxylic acids is 2. The lowest BCUT2D eigenvalue weighted by Crippen LogP contribution is -2.42. The molecule has 2 heterocycles. The zero-order valence-electron chi connectivity index (χ0n) is 35.9. The Labute approximate surface area is 381 Å². The molecule has 0 saturated heterocycles. The van der Waals surface area contributed by atoms with Crippen LogP contribution >= 0.6 is 23.2 Å². The van der Waals surface area contributed by atoms with Crippen molar-refractivity contribution < 1.29 is 26.4 Å². The van der Waals surface area contributed by atoms with E-state index in [0.29, 0.717) is 36.1 Å². The summed E-state index contributed by atoms with van der Waals surface area (Å²) in [6, 6.07) is 18.7. The summed E-state index contributed by atoms with van der Waals surface area (Å²) >= 11 is 12.9. The number of sulfonamides is 2. The Morgan fingerprint density at radius 2 is 1.30 bits per heavy atom. The number of nitrogens with one attached hydrogen (secondary N) is 3. The Morgan fingerprint density at radius 1 is 0.714 bits per heavy atom. The number of para-hydroxylation sites is 1. The van der Waals surface area contributed by atoms with Crippen LogP contribution in [-0.4, -0.2) is 56.7 Å². The minimum atomic E-state index is -4.44. The van der Waals surface area contributed by atoms with Crippen LogP contribution < -0.4 is 19.7 Å². The SMILES string of the molecule is CCCCCCCCCCCCCCCCNS(=O)(=O)c1ccc(Cl)c(NS(=O)(=O)c2ccc(Cl)c(NC(=O)C(C(=O)N3CCc4ccccc43)n3nnc4ccc(C)cc43)c2)c1. The zero-order chi connectivity index (χ0) is 45.0. The second-order valence-corrected chi connectivity index (χ2v) is 20.4. The van der Waals surface area contributed by atoms with Crippen LogP contribution in [0.4, 0.5) is 17.1 Å². The number of benzene rings is 4. The standard InChI is InChI=1S/C46H57Cl2N7O6S2/c1-3-4-5-6-7-8-9-10-11-12-13-14-15-18-28-49-62(58,59)35-22-25-38(48)41(32-35)52-63(60,61)36-23-24-37(47)40(31-36)50-45(56)44(55-43-30-33(2)21-26-39(43)51-53-55)46(57)54-29-27-34-19-16-17-20-42(34)54/h16-17,19-26,30-32,44,49,52H,3-15,18,27-29H2,1-2H3,(H,50,56). The van der Waals surface area contributed by atoms with Crippen molar-refractivity contribution in [3.8, 4) is 0 Å². The first-order valence-electron chi connectivity index (χ1n) is 21.9. The third-order valence-electron chi connectivity index (χ3n) is 11.3. The highest BCUT2D eigenvalue weighted by Gasteiger charge is 2.38. The number of aryl methyl sites for hydroxylation is 1. The number of carbonyl (C=O) groups is 2. The van der Waals surface area contributed by atoms with Gasteiger partial charge < -0.3 is 10.2 Å². The first kappa shape index (κ1) is 47.9. The molecule has 338 valence electrons. The number of amides is 2. The summed E-state index contributed by atoms with van der Waals surface area (Å²) in [6.07, 6.45) is 17.3. The number of nitrogens with zero attached hydrogens (tertiary/aromatic N) is 4. The van der Waals surface area contributed by atoms with Crippen molar-refractivity contribution in [3.63, 3.8) is 0 Å². The predicted molar refractivity (Wildman–Crippen MR) is 252 cm³/mol. The van der Waals surface area contributed by atoms with Gasteiger partial charge in [0, 0.05) is 18.8 Å². The topological polar surface area (TPSA) is 172 Å². The van der Waals surface area contributed by atoms with E-state index in [2.05, 4.69) is 32.0 Å². The van der Waals surface area contributed by atoms with Crippen molar-refractivity contribution in [1.82, 2.24) is 19.7 Å². The molecule has 4 aromatic carbocycles. The largest absolute Gasteiger partial charge is 0.322 e. The van der Waals surface area contributed by atoms with E-state index in [1.807, 2.05) is 37.3 Å². The molecule has 1 aliphatic rings. The molecule has 0 spiro atoms. The van der Waals surface area contributed by atoms with E-state index in [4.69, 9.17) is 23.2 Å². The van der Waals surface area contributed by atoms with E-state index in [0.717, 1.165) is 42.5 Å². The number of hydrogen-bond donors (Lipinski definition) is 3. The number of unbranched alkanes of at least 4 members (excludes halogenated alkanes) is 13. The highest BCUT2D eigenvalue weighted by Crippen LogP contribution is 2.34. The molecule has 1 aliphatic heterocycles. The lowest BCUT2D eigenvalue weighted by molar-refractivity contribution is -0.130. The number of halogens is 2. The van der Waals surface area contributed by atoms with Gasteiger partial charge >= 0.3 is 0 Å². The Kier molecular flexibility index (Phi) is 17.0. The van der Waals surface area contributed by atoms with Gasteiger partial charge in [-0.3, -0.25) is 14.3 Å². The molecule has 1 atom stereocenters. The first-order chi connectivity index (χ1) is 30.3. The number of rotatable bonds is 24. The molecule has 3 N–H and O–H groups in total. The molecule has 0 saturated carbocycles. The lowest BCUT2D eigenvalue weighted by atomic mass is 10.0. The molecule has 1 aromatic heterocycles. The van der Waals surface area contributed by atoms with Crippen molar-refractivity contribution in [3.05, 3.63) is 100 Å². The maximum atomic E-state index is 14.4. The van der Waals surface area contributed by atoms with Gasteiger partial charge in [-0.25, -0.2) is 26.2 Å². The Hall–Kier alpha value is -4.54. The molecule has 2 amide bonds. The minimum Gasteiger partial charge on any atom is -0.322 e. The van der Waals surface area contributed by atoms with Crippen LogP contribution in [0.5, 0.6) is 0 Å². The number of fused-ring (bicyclic) bond motifs is 2. The maximum Gasteiger partial charge on any atom is 0.262 e. The normalized spacial score (nSPS) is 13.3. The molecular formula is C46H57Cl2N7O6S2. The summed E-state index contributed by atoms with van der Waals surface area (Å²) in [5, 5.41) is 11.0. The summed E-state index contributed by atoms with van der Waals surface area (Å²) in [7, 11) is -8.43. The van der Waals surface area contributed by atoms with Crippen LogP contribution in [0.2, 0.25) is 10.0 Å². The van der Waals surface area contributed by atoms with E-state index in [1.54, 1.807) is 12.1 Å². The van der Waals surface area contributed by atoms with Gasteiger partial charge in [0.2, 0.25) is 16.1 Å². The van der Waals surface area contributed by atoms with Crippen LogP contribution in [0, 0.1) is 6.92 Å². The second kappa shape index (κ2) is 22.4. The minimum absolute atomic E-state index is 0.00434. The molecule has 0 fully saturated rings. The van der Waals surface area contributed by atoms with Crippen LogP contribution in [-0.2, 0) is 36.1 Å². The fourth-order valence-electron chi connectivity index (χ4n) is 7.81. The highest BCUT2D eigenvalue weighted by molar-refractivity contribution is 7.92. The maximum absolute atomic E-state index is 14.4. The smallest absolute Gasteiger partial charge is 0.262 e. The summed E-state index contributed by atoms with van der Waals surface area (Å²) in [6.45, 7) is 4.69. The lowest BCUT2D eigenvalue weighted by Gasteiger charge is -2.24. The van der Waals surface area contributed by atoms with Crippen LogP contribution in [0.15, 0.2) is 88.7 Å². The van der Waals surface area contributed by atoms with Gasteiger partial charge in [-0.05, 0) is 85.5 Å². The molecule has 0 bridgehead atoms. The summed E-state index contributed by atoms with van der Waals surface area (Å²) in [4.78, 5) is 29.7.